The summed E-state index contributed by atoms with van der Waals surface area (Å²) in [7, 11) is 1.63. The van der Waals surface area contributed by atoms with Crippen LogP contribution in [0.4, 0.5) is 0 Å². The van der Waals surface area contributed by atoms with E-state index in [1.807, 2.05) is 43.0 Å². The van der Waals surface area contributed by atoms with Crippen molar-refractivity contribution in [1.29, 1.82) is 0 Å². The van der Waals surface area contributed by atoms with E-state index < -0.39 is 0 Å². The Morgan fingerprint density at radius 2 is 1.80 bits per heavy atom. The van der Waals surface area contributed by atoms with E-state index in [0.717, 1.165) is 11.3 Å². The highest BCUT2D eigenvalue weighted by molar-refractivity contribution is 5.84. The molecule has 1 heterocycles. The quantitative estimate of drug-likeness (QED) is 0.861. The van der Waals surface area contributed by atoms with Gasteiger partial charge in [0.25, 0.3) is 0 Å². The summed E-state index contributed by atoms with van der Waals surface area (Å²) in [5.74, 6) is 1.08. The average molecular weight is 346 g/mol. The number of rotatable bonds is 6. The van der Waals surface area contributed by atoms with Crippen LogP contribution in [0.25, 0.3) is 0 Å². The predicted octanol–water partition coefficient (Wildman–Crippen LogP) is 2.67. The second-order valence-electron chi connectivity index (χ2n) is 7.52. The first-order chi connectivity index (χ1) is 11.8. The van der Waals surface area contributed by atoms with Gasteiger partial charge in [-0.3, -0.25) is 9.59 Å². The number of ether oxygens (including phenoxy) is 1. The molecule has 1 N–H and O–H groups in total. The Morgan fingerprint density at radius 1 is 1.16 bits per heavy atom. The summed E-state index contributed by atoms with van der Waals surface area (Å²) in [5, 5.41) is 3.03. The molecule has 1 aromatic carbocycles. The molecule has 2 amide bonds. The van der Waals surface area contributed by atoms with Gasteiger partial charge >= 0.3 is 0 Å². The number of likely N-dealkylation sites (tertiary alicyclic amines) is 1. The summed E-state index contributed by atoms with van der Waals surface area (Å²) >= 11 is 0. The summed E-state index contributed by atoms with van der Waals surface area (Å²) in [6, 6.07) is 7.81. The molecule has 0 aliphatic carbocycles. The van der Waals surface area contributed by atoms with Crippen molar-refractivity contribution in [3.63, 3.8) is 0 Å². The van der Waals surface area contributed by atoms with Crippen LogP contribution in [0, 0.1) is 17.8 Å². The Labute approximate surface area is 150 Å². The maximum Gasteiger partial charge on any atom is 0.225 e. The van der Waals surface area contributed by atoms with Gasteiger partial charge < -0.3 is 15.0 Å². The van der Waals surface area contributed by atoms with Gasteiger partial charge in [-0.25, -0.2) is 0 Å². The van der Waals surface area contributed by atoms with Crippen LogP contribution in [0.2, 0.25) is 0 Å². The van der Waals surface area contributed by atoms with E-state index in [9.17, 15) is 9.59 Å². The van der Waals surface area contributed by atoms with Crippen LogP contribution < -0.4 is 10.1 Å². The monoisotopic (exact) mass is 346 g/mol. The third-order valence-corrected chi connectivity index (χ3v) is 4.69. The molecule has 0 radical (unpaired) electrons. The molecule has 2 rings (SSSR count). The zero-order valence-corrected chi connectivity index (χ0v) is 15.9. The van der Waals surface area contributed by atoms with Gasteiger partial charge in [0.05, 0.1) is 13.0 Å². The zero-order chi connectivity index (χ0) is 18.6. The minimum atomic E-state index is -0.213. The summed E-state index contributed by atoms with van der Waals surface area (Å²) < 4.78 is 5.22. The van der Waals surface area contributed by atoms with Gasteiger partial charge in [0, 0.05) is 31.5 Å². The van der Waals surface area contributed by atoms with Crippen molar-refractivity contribution < 1.29 is 14.3 Å². The highest BCUT2D eigenvalue weighted by Crippen LogP contribution is 2.34. The van der Waals surface area contributed by atoms with Crippen molar-refractivity contribution in [1.82, 2.24) is 10.2 Å². The fourth-order valence-electron chi connectivity index (χ4n) is 3.24. The van der Waals surface area contributed by atoms with Crippen molar-refractivity contribution in [2.75, 3.05) is 26.7 Å². The number of benzene rings is 1. The van der Waals surface area contributed by atoms with Gasteiger partial charge in [0.15, 0.2) is 0 Å². The van der Waals surface area contributed by atoms with E-state index in [4.69, 9.17) is 4.74 Å². The smallest absolute Gasteiger partial charge is 0.225 e. The largest absolute Gasteiger partial charge is 0.497 e. The lowest BCUT2D eigenvalue weighted by atomic mass is 9.88. The normalized spacial score (nSPS) is 20.2. The van der Waals surface area contributed by atoms with Crippen LogP contribution in [0.15, 0.2) is 24.3 Å². The lowest BCUT2D eigenvalue weighted by Gasteiger charge is -2.19. The molecular formula is C20H30N2O3. The molecule has 5 heteroatoms. The minimum absolute atomic E-state index is 0.0146. The van der Waals surface area contributed by atoms with Crippen molar-refractivity contribution in [3.05, 3.63) is 29.8 Å². The number of carbonyl (C=O) groups excluding carboxylic acids is 2. The number of hydrogen-bond acceptors (Lipinski definition) is 3. The lowest BCUT2D eigenvalue weighted by molar-refractivity contribution is -0.133. The van der Waals surface area contributed by atoms with Crippen LogP contribution in [0.5, 0.6) is 5.75 Å². The Morgan fingerprint density at radius 3 is 2.32 bits per heavy atom. The fraction of sp³-hybridized carbons (Fsp3) is 0.600. The van der Waals surface area contributed by atoms with Crippen molar-refractivity contribution >= 4 is 11.8 Å². The fourth-order valence-corrected chi connectivity index (χ4v) is 3.24. The number of nitrogens with one attached hydrogen (secondary N) is 1. The van der Waals surface area contributed by atoms with E-state index in [1.165, 1.54) is 0 Å². The van der Waals surface area contributed by atoms with Gasteiger partial charge in [-0.15, -0.1) is 0 Å². The standard InChI is InChI=1S/C20H30N2O3/c1-13(2)10-21-19(23)18-12-22(20(24)14(3)4)11-17(18)15-6-8-16(25-5)9-7-15/h6-9,13-14,17-18H,10-12H2,1-5H3,(H,21,23)/t17-,18+/m1/s1. The Bertz CT molecular complexity index is 595. The molecule has 0 saturated carbocycles. The van der Waals surface area contributed by atoms with Crippen LogP contribution in [-0.4, -0.2) is 43.5 Å². The Balaban J connectivity index is 2.21. The molecular weight excluding hydrogens is 316 g/mol. The third-order valence-electron chi connectivity index (χ3n) is 4.69. The first kappa shape index (κ1) is 19.3. The van der Waals surface area contributed by atoms with E-state index in [0.29, 0.717) is 25.6 Å². The van der Waals surface area contributed by atoms with Crippen LogP contribution in [0.3, 0.4) is 0 Å². The number of hydrogen-bond donors (Lipinski definition) is 1. The molecule has 25 heavy (non-hydrogen) atoms. The van der Waals surface area contributed by atoms with Crippen molar-refractivity contribution in [2.45, 2.75) is 33.6 Å². The second-order valence-corrected chi connectivity index (χ2v) is 7.52. The first-order valence-electron chi connectivity index (χ1n) is 9.04. The van der Waals surface area contributed by atoms with Crippen LogP contribution in [0.1, 0.15) is 39.2 Å². The van der Waals surface area contributed by atoms with Crippen LogP contribution >= 0.6 is 0 Å². The molecule has 0 unspecified atom stereocenters. The molecule has 0 spiro atoms. The summed E-state index contributed by atoms with van der Waals surface area (Å²) in [6.07, 6.45) is 0. The molecule has 1 saturated heterocycles. The average Bonchev–Trinajstić information content (AvgIpc) is 3.04. The molecule has 1 fully saturated rings. The highest BCUT2D eigenvalue weighted by atomic mass is 16.5. The Hall–Kier alpha value is -2.04. The van der Waals surface area contributed by atoms with E-state index >= 15 is 0 Å². The third kappa shape index (κ3) is 4.74. The number of nitrogens with zero attached hydrogens (tertiary/aromatic N) is 1. The second kappa shape index (κ2) is 8.37. The Kier molecular flexibility index (Phi) is 6.45. The molecule has 0 bridgehead atoms. The van der Waals surface area contributed by atoms with Gasteiger partial charge in [-0.1, -0.05) is 39.8 Å². The molecule has 1 aliphatic heterocycles. The van der Waals surface area contributed by atoms with E-state index in [2.05, 4.69) is 19.2 Å². The van der Waals surface area contributed by atoms with E-state index in [1.54, 1.807) is 7.11 Å². The molecule has 2 atom stereocenters. The van der Waals surface area contributed by atoms with Crippen LogP contribution in [-0.2, 0) is 9.59 Å². The van der Waals surface area contributed by atoms with Gasteiger partial charge in [-0.2, -0.15) is 0 Å². The predicted molar refractivity (Wildman–Crippen MR) is 98.5 cm³/mol. The topological polar surface area (TPSA) is 58.6 Å². The highest BCUT2D eigenvalue weighted by Gasteiger charge is 2.40. The number of amides is 2. The van der Waals surface area contributed by atoms with Crippen molar-refractivity contribution in [2.24, 2.45) is 17.8 Å². The molecule has 1 aliphatic rings. The summed E-state index contributed by atoms with van der Waals surface area (Å²) in [6.45, 7) is 9.67. The van der Waals surface area contributed by atoms with Gasteiger partial charge in [0.2, 0.25) is 11.8 Å². The van der Waals surface area contributed by atoms with Gasteiger partial charge in [0.1, 0.15) is 5.75 Å². The molecule has 1 aromatic rings. The maximum atomic E-state index is 12.7. The zero-order valence-electron chi connectivity index (χ0n) is 15.9. The number of methoxy groups -OCH3 is 1. The molecule has 0 aromatic heterocycles. The van der Waals surface area contributed by atoms with Gasteiger partial charge in [-0.05, 0) is 23.6 Å². The lowest BCUT2D eigenvalue weighted by Crippen LogP contribution is -2.37. The minimum Gasteiger partial charge on any atom is -0.497 e. The first-order valence-corrected chi connectivity index (χ1v) is 9.04. The van der Waals surface area contributed by atoms with Crippen molar-refractivity contribution in [3.8, 4) is 5.75 Å². The van der Waals surface area contributed by atoms with E-state index in [-0.39, 0.29) is 29.6 Å². The maximum absolute atomic E-state index is 12.7. The molecule has 138 valence electrons. The SMILES string of the molecule is COc1ccc([C@H]2CN(C(=O)C(C)C)C[C@@H]2C(=O)NCC(C)C)cc1. The summed E-state index contributed by atoms with van der Waals surface area (Å²) in [5.41, 5.74) is 1.07. The number of carbonyl (C=O) groups is 2. The summed E-state index contributed by atoms with van der Waals surface area (Å²) in [4.78, 5) is 27.0. The molecule has 5 nitrogen and oxygen atoms in total.